The molecule has 0 unspecified atom stereocenters. The van der Waals surface area contributed by atoms with Gasteiger partial charge in [0.25, 0.3) is 5.56 Å². The van der Waals surface area contributed by atoms with Gasteiger partial charge in [-0.25, -0.2) is 9.79 Å². The molecule has 0 bridgehead atoms. The van der Waals surface area contributed by atoms with Crippen molar-refractivity contribution >= 4 is 23.4 Å². The Balaban J connectivity index is 1.70. The lowest BCUT2D eigenvalue weighted by Crippen LogP contribution is -2.39. The molecule has 2 aliphatic rings. The van der Waals surface area contributed by atoms with Gasteiger partial charge in [0.05, 0.1) is 42.7 Å². The predicted octanol–water partition coefficient (Wildman–Crippen LogP) is 2.54. The van der Waals surface area contributed by atoms with Crippen molar-refractivity contribution in [3.63, 3.8) is 0 Å². The van der Waals surface area contributed by atoms with Gasteiger partial charge in [-0.15, -0.1) is 0 Å². The van der Waals surface area contributed by atoms with Crippen molar-refractivity contribution in [1.82, 2.24) is 4.57 Å². The molecule has 5 rings (SSSR count). The summed E-state index contributed by atoms with van der Waals surface area (Å²) in [4.78, 5) is 31.9. The molecular formula is C26H24N2O7S. The molecule has 0 fully saturated rings. The van der Waals surface area contributed by atoms with Gasteiger partial charge in [-0.1, -0.05) is 23.5 Å². The van der Waals surface area contributed by atoms with Gasteiger partial charge >= 0.3 is 5.97 Å². The summed E-state index contributed by atoms with van der Waals surface area (Å²) in [7, 11) is 3.08. The number of methoxy groups -OCH3 is 2. The Kier molecular flexibility index (Phi) is 6.27. The molecule has 0 saturated heterocycles. The Morgan fingerprint density at radius 1 is 1.14 bits per heavy atom. The summed E-state index contributed by atoms with van der Waals surface area (Å²) in [5, 5.41) is 0. The fourth-order valence-electron chi connectivity index (χ4n) is 4.28. The molecule has 0 amide bonds. The van der Waals surface area contributed by atoms with Gasteiger partial charge < -0.3 is 23.7 Å². The van der Waals surface area contributed by atoms with E-state index in [1.54, 1.807) is 51.3 Å². The van der Waals surface area contributed by atoms with Gasteiger partial charge in [0, 0.05) is 0 Å². The molecule has 0 radical (unpaired) electrons. The van der Waals surface area contributed by atoms with Crippen LogP contribution < -0.4 is 33.8 Å². The smallest absolute Gasteiger partial charge is 0.338 e. The van der Waals surface area contributed by atoms with Gasteiger partial charge in [0.2, 0.25) is 6.79 Å². The van der Waals surface area contributed by atoms with Crippen LogP contribution in [-0.4, -0.2) is 38.2 Å². The number of hydrogen-bond acceptors (Lipinski definition) is 9. The predicted molar refractivity (Wildman–Crippen MR) is 133 cm³/mol. The van der Waals surface area contributed by atoms with E-state index < -0.39 is 12.0 Å². The van der Waals surface area contributed by atoms with Crippen LogP contribution in [-0.2, 0) is 9.53 Å². The first-order valence-electron chi connectivity index (χ1n) is 11.3. The Morgan fingerprint density at radius 3 is 2.67 bits per heavy atom. The van der Waals surface area contributed by atoms with Crippen LogP contribution in [0.3, 0.4) is 0 Å². The number of carbonyl (C=O) groups is 1. The molecule has 1 aromatic heterocycles. The number of carbonyl (C=O) groups excluding carboxylic acids is 1. The zero-order chi connectivity index (χ0) is 25.4. The molecule has 186 valence electrons. The lowest BCUT2D eigenvalue weighted by molar-refractivity contribution is -0.139. The Hall–Kier alpha value is -4.05. The lowest BCUT2D eigenvalue weighted by Gasteiger charge is -2.25. The van der Waals surface area contributed by atoms with E-state index >= 15 is 0 Å². The first-order valence-corrected chi connectivity index (χ1v) is 12.1. The van der Waals surface area contributed by atoms with Crippen LogP contribution in [0.1, 0.15) is 31.0 Å². The normalized spacial score (nSPS) is 16.4. The molecule has 0 N–H and O–H groups in total. The van der Waals surface area contributed by atoms with E-state index in [9.17, 15) is 9.59 Å². The fourth-order valence-corrected chi connectivity index (χ4v) is 5.33. The molecule has 3 heterocycles. The lowest BCUT2D eigenvalue weighted by atomic mass is 9.95. The highest BCUT2D eigenvalue weighted by Crippen LogP contribution is 2.36. The monoisotopic (exact) mass is 508 g/mol. The molecule has 36 heavy (non-hydrogen) atoms. The number of aromatic nitrogens is 1. The summed E-state index contributed by atoms with van der Waals surface area (Å²) in [5.41, 5.74) is 1.97. The number of nitrogens with zero attached hydrogens (tertiary/aromatic N) is 2. The van der Waals surface area contributed by atoms with Gasteiger partial charge in [-0.3, -0.25) is 9.36 Å². The molecule has 2 aliphatic heterocycles. The average Bonchev–Trinajstić information content (AvgIpc) is 3.46. The van der Waals surface area contributed by atoms with Crippen LogP contribution >= 0.6 is 11.3 Å². The first-order chi connectivity index (χ1) is 17.4. The minimum absolute atomic E-state index is 0.169. The molecule has 0 aliphatic carbocycles. The molecule has 1 atom stereocenters. The molecule has 3 aromatic rings. The SMILES string of the molecule is CCOC(=O)C1=C(C)N=c2sc(=Cc3ccc4c(c3)OCO4)c(=O)n2[C@@H]1c1ccc(OC)c(OC)c1. The van der Waals surface area contributed by atoms with Crippen LogP contribution in [0.5, 0.6) is 23.0 Å². The summed E-state index contributed by atoms with van der Waals surface area (Å²) >= 11 is 1.25. The summed E-state index contributed by atoms with van der Waals surface area (Å²) < 4.78 is 29.0. The summed E-state index contributed by atoms with van der Waals surface area (Å²) in [5.74, 6) is 1.78. The van der Waals surface area contributed by atoms with Crippen molar-refractivity contribution in [2.24, 2.45) is 4.99 Å². The Bertz CT molecular complexity index is 1570. The first kappa shape index (κ1) is 23.7. The van der Waals surface area contributed by atoms with Crippen LogP contribution in [0.4, 0.5) is 0 Å². The van der Waals surface area contributed by atoms with Crippen molar-refractivity contribution in [3.8, 4) is 23.0 Å². The van der Waals surface area contributed by atoms with Crippen molar-refractivity contribution in [2.75, 3.05) is 27.6 Å². The van der Waals surface area contributed by atoms with Crippen LogP contribution in [0.25, 0.3) is 6.08 Å². The zero-order valence-electron chi connectivity index (χ0n) is 20.2. The third-order valence-electron chi connectivity index (χ3n) is 5.93. The van der Waals surface area contributed by atoms with E-state index in [0.717, 1.165) is 5.56 Å². The molecule has 0 spiro atoms. The van der Waals surface area contributed by atoms with Gasteiger partial charge in [-0.2, -0.15) is 0 Å². The third-order valence-corrected chi connectivity index (χ3v) is 6.92. The quantitative estimate of drug-likeness (QED) is 0.472. The number of hydrogen-bond donors (Lipinski definition) is 0. The number of rotatable bonds is 6. The number of fused-ring (bicyclic) bond motifs is 2. The Morgan fingerprint density at radius 2 is 1.92 bits per heavy atom. The second kappa shape index (κ2) is 9.54. The largest absolute Gasteiger partial charge is 0.493 e. The molecular weight excluding hydrogens is 484 g/mol. The average molecular weight is 509 g/mol. The molecule has 10 heteroatoms. The summed E-state index contributed by atoms with van der Waals surface area (Å²) in [6.45, 7) is 3.85. The van der Waals surface area contributed by atoms with Gasteiger partial charge in [0.1, 0.15) is 0 Å². The second-order valence-corrected chi connectivity index (χ2v) is 9.04. The van der Waals surface area contributed by atoms with E-state index in [1.807, 2.05) is 12.1 Å². The topological polar surface area (TPSA) is 97.6 Å². The van der Waals surface area contributed by atoms with Crippen LogP contribution in [0, 0.1) is 0 Å². The van der Waals surface area contributed by atoms with Crippen molar-refractivity contribution in [2.45, 2.75) is 19.9 Å². The summed E-state index contributed by atoms with van der Waals surface area (Å²) in [6, 6.07) is 10.0. The van der Waals surface area contributed by atoms with Crippen molar-refractivity contribution in [1.29, 1.82) is 0 Å². The highest BCUT2D eigenvalue weighted by molar-refractivity contribution is 7.07. The fraction of sp³-hybridized carbons (Fsp3) is 0.269. The minimum Gasteiger partial charge on any atom is -0.493 e. The maximum absolute atomic E-state index is 13.7. The summed E-state index contributed by atoms with van der Waals surface area (Å²) in [6.07, 6.45) is 1.78. The third kappa shape index (κ3) is 4.03. The highest BCUT2D eigenvalue weighted by atomic mass is 32.1. The zero-order valence-corrected chi connectivity index (χ0v) is 21.0. The van der Waals surface area contributed by atoms with Crippen LogP contribution in [0.15, 0.2) is 57.5 Å². The minimum atomic E-state index is -0.751. The van der Waals surface area contributed by atoms with Crippen molar-refractivity contribution < 1.29 is 28.5 Å². The number of thiazole rings is 1. The van der Waals surface area contributed by atoms with E-state index in [0.29, 0.717) is 49.2 Å². The van der Waals surface area contributed by atoms with E-state index in [-0.39, 0.29) is 19.0 Å². The molecule has 9 nitrogen and oxygen atoms in total. The standard InChI is InChI=1S/C26H24N2O7S/c1-5-33-25(30)22-14(2)27-26-28(23(22)16-7-9-17(31-3)19(12-16)32-4)24(29)21(36-26)11-15-6-8-18-20(10-15)35-13-34-18/h6-12,23H,5,13H2,1-4H3/t23-/m1/s1. The maximum Gasteiger partial charge on any atom is 0.338 e. The number of ether oxygens (including phenoxy) is 5. The Labute approximate surface area is 210 Å². The second-order valence-electron chi connectivity index (χ2n) is 8.03. The van der Waals surface area contributed by atoms with Gasteiger partial charge in [0.15, 0.2) is 27.8 Å². The number of allylic oxidation sites excluding steroid dienone is 1. The molecule has 0 saturated carbocycles. The van der Waals surface area contributed by atoms with Crippen LogP contribution in [0.2, 0.25) is 0 Å². The molecule has 2 aromatic carbocycles. The van der Waals surface area contributed by atoms with E-state index in [4.69, 9.17) is 23.7 Å². The van der Waals surface area contributed by atoms with Gasteiger partial charge in [-0.05, 0) is 55.3 Å². The maximum atomic E-state index is 13.7. The highest BCUT2D eigenvalue weighted by Gasteiger charge is 2.34. The van der Waals surface area contributed by atoms with E-state index in [2.05, 4.69) is 4.99 Å². The van der Waals surface area contributed by atoms with E-state index in [1.165, 1.54) is 23.0 Å². The number of benzene rings is 2. The van der Waals surface area contributed by atoms with Crippen molar-refractivity contribution in [3.05, 3.63) is 78.5 Å². The number of esters is 1.